The van der Waals surface area contributed by atoms with E-state index in [1.54, 1.807) is 24.3 Å². The van der Waals surface area contributed by atoms with E-state index in [9.17, 15) is 9.59 Å². The second kappa shape index (κ2) is 9.29. The number of anilines is 1. The Morgan fingerprint density at radius 2 is 1.79 bits per heavy atom. The number of halogens is 1. The molecule has 0 aliphatic carbocycles. The molecule has 1 aliphatic heterocycles. The quantitative estimate of drug-likeness (QED) is 0.730. The van der Waals surface area contributed by atoms with Crippen molar-refractivity contribution in [1.82, 2.24) is 0 Å². The molecule has 3 rings (SSSR count). The highest BCUT2D eigenvalue weighted by atomic mass is 35.5. The van der Waals surface area contributed by atoms with E-state index in [1.807, 2.05) is 25.1 Å². The first kappa shape index (κ1) is 21.1. The molecule has 1 saturated heterocycles. The van der Waals surface area contributed by atoms with E-state index >= 15 is 0 Å². The molecule has 2 unspecified atom stereocenters. The van der Waals surface area contributed by atoms with Crippen molar-refractivity contribution in [2.24, 2.45) is 5.73 Å². The van der Waals surface area contributed by atoms with E-state index < -0.39 is 17.8 Å². The summed E-state index contributed by atoms with van der Waals surface area (Å²) in [5, 5.41) is 0.605. The number of hydrogen-bond acceptors (Lipinski definition) is 5. The summed E-state index contributed by atoms with van der Waals surface area (Å²) < 4.78 is 10.2. The summed E-state index contributed by atoms with van der Waals surface area (Å²) in [6.45, 7) is 4.83. The van der Waals surface area contributed by atoms with Crippen LogP contribution in [0.15, 0.2) is 42.5 Å². The van der Waals surface area contributed by atoms with Gasteiger partial charge in [0.05, 0.1) is 31.8 Å². The fourth-order valence-electron chi connectivity index (χ4n) is 3.81. The number of carbonyl (C=O) groups is 2. The lowest BCUT2D eigenvalue weighted by atomic mass is 9.81. The highest BCUT2D eigenvalue weighted by molar-refractivity contribution is 6.30. The van der Waals surface area contributed by atoms with E-state index in [-0.39, 0.29) is 5.92 Å². The smallest absolute Gasteiger partial charge is 0.337 e. The van der Waals surface area contributed by atoms with Gasteiger partial charge in [-0.25, -0.2) is 4.79 Å². The van der Waals surface area contributed by atoms with Crippen molar-refractivity contribution in [3.05, 3.63) is 64.2 Å². The predicted octanol–water partition coefficient (Wildman–Crippen LogP) is 3.34. The molecule has 0 bridgehead atoms. The number of carbonyl (C=O) groups excluding carboxylic acids is 2. The largest absolute Gasteiger partial charge is 0.465 e. The van der Waals surface area contributed by atoms with Gasteiger partial charge in [-0.2, -0.15) is 0 Å². The van der Waals surface area contributed by atoms with Crippen LogP contribution < -0.4 is 10.6 Å². The molecule has 2 aromatic rings. The number of methoxy groups -OCH3 is 1. The number of nitrogens with zero attached hydrogens (tertiary/aromatic N) is 1. The SMILES string of the molecule is COC(=O)c1ccc(C(C(N)=O)C(C)c2cc(Cl)ccc2N2CCOCC2)cc1. The summed E-state index contributed by atoms with van der Waals surface area (Å²) in [7, 11) is 1.33. The van der Waals surface area contributed by atoms with Gasteiger partial charge in [-0.1, -0.05) is 30.7 Å². The van der Waals surface area contributed by atoms with Crippen molar-refractivity contribution < 1.29 is 19.1 Å². The van der Waals surface area contributed by atoms with Crippen LogP contribution in [0.25, 0.3) is 0 Å². The zero-order chi connectivity index (χ0) is 21.0. The van der Waals surface area contributed by atoms with Gasteiger partial charge in [0, 0.05) is 23.8 Å². The average Bonchev–Trinajstić information content (AvgIpc) is 2.74. The van der Waals surface area contributed by atoms with Gasteiger partial charge >= 0.3 is 5.97 Å². The normalized spacial score (nSPS) is 16.2. The number of primary amides is 1. The summed E-state index contributed by atoms with van der Waals surface area (Å²) >= 11 is 6.29. The molecule has 29 heavy (non-hydrogen) atoms. The molecule has 1 aliphatic rings. The third kappa shape index (κ3) is 4.71. The minimum atomic E-state index is -0.569. The van der Waals surface area contributed by atoms with Crippen molar-refractivity contribution in [1.29, 1.82) is 0 Å². The number of hydrogen-bond donors (Lipinski definition) is 1. The summed E-state index contributed by atoms with van der Waals surface area (Å²) in [6.07, 6.45) is 0. The average molecular weight is 417 g/mol. The molecule has 0 saturated carbocycles. The van der Waals surface area contributed by atoms with Gasteiger partial charge in [-0.15, -0.1) is 0 Å². The summed E-state index contributed by atoms with van der Waals surface area (Å²) in [5.41, 5.74) is 8.95. The Balaban J connectivity index is 1.97. The molecule has 1 fully saturated rings. The Bertz CT molecular complexity index is 879. The van der Waals surface area contributed by atoms with Crippen LogP contribution in [-0.4, -0.2) is 45.3 Å². The standard InChI is InChI=1S/C22H25ClN2O4/c1-14(18-13-17(23)7-8-19(18)25-9-11-29-12-10-25)20(21(24)26)15-3-5-16(6-4-15)22(27)28-2/h3-8,13-14,20H,9-12H2,1-2H3,(H2,24,26). The number of nitrogens with two attached hydrogens (primary N) is 1. The third-order valence-corrected chi connectivity index (χ3v) is 5.56. The number of benzene rings is 2. The number of esters is 1. The van der Waals surface area contributed by atoms with E-state index in [0.29, 0.717) is 23.8 Å². The van der Waals surface area contributed by atoms with Crippen molar-refractivity contribution >= 4 is 29.2 Å². The van der Waals surface area contributed by atoms with Crippen LogP contribution in [0.5, 0.6) is 0 Å². The second-order valence-electron chi connectivity index (χ2n) is 7.08. The van der Waals surface area contributed by atoms with Crippen LogP contribution in [0.1, 0.15) is 40.2 Å². The highest BCUT2D eigenvalue weighted by Crippen LogP contribution is 2.39. The minimum Gasteiger partial charge on any atom is -0.465 e. The fraction of sp³-hybridized carbons (Fsp3) is 0.364. The van der Waals surface area contributed by atoms with Crippen LogP contribution >= 0.6 is 11.6 Å². The molecular weight excluding hydrogens is 392 g/mol. The number of rotatable bonds is 6. The van der Waals surface area contributed by atoms with Crippen LogP contribution in [0.2, 0.25) is 5.02 Å². The molecule has 1 heterocycles. The van der Waals surface area contributed by atoms with Gasteiger partial charge in [0.15, 0.2) is 0 Å². The molecule has 0 radical (unpaired) electrons. The Kier molecular flexibility index (Phi) is 6.77. The maximum absolute atomic E-state index is 12.4. The first-order chi connectivity index (χ1) is 13.9. The summed E-state index contributed by atoms with van der Waals surface area (Å²) in [6, 6.07) is 12.5. The van der Waals surface area contributed by atoms with Crippen molar-refractivity contribution in [2.45, 2.75) is 18.8 Å². The molecular formula is C22H25ClN2O4. The van der Waals surface area contributed by atoms with Crippen molar-refractivity contribution in [3.63, 3.8) is 0 Å². The van der Waals surface area contributed by atoms with Gasteiger partial charge in [-0.05, 0) is 47.4 Å². The van der Waals surface area contributed by atoms with Crippen LogP contribution in [0.4, 0.5) is 5.69 Å². The monoisotopic (exact) mass is 416 g/mol. The maximum Gasteiger partial charge on any atom is 0.337 e. The second-order valence-corrected chi connectivity index (χ2v) is 7.52. The first-order valence-electron chi connectivity index (χ1n) is 9.52. The van der Waals surface area contributed by atoms with E-state index in [2.05, 4.69) is 4.90 Å². The lowest BCUT2D eigenvalue weighted by molar-refractivity contribution is -0.119. The molecule has 2 N–H and O–H groups in total. The highest BCUT2D eigenvalue weighted by Gasteiger charge is 2.29. The van der Waals surface area contributed by atoms with E-state index in [4.69, 9.17) is 26.8 Å². The van der Waals surface area contributed by atoms with Gasteiger partial charge in [0.2, 0.25) is 5.91 Å². The maximum atomic E-state index is 12.4. The fourth-order valence-corrected chi connectivity index (χ4v) is 3.99. The first-order valence-corrected chi connectivity index (χ1v) is 9.90. The molecule has 154 valence electrons. The molecule has 1 amide bonds. The van der Waals surface area contributed by atoms with Gasteiger partial charge in [-0.3, -0.25) is 4.79 Å². The predicted molar refractivity (Wildman–Crippen MR) is 113 cm³/mol. The van der Waals surface area contributed by atoms with Crippen molar-refractivity contribution in [2.75, 3.05) is 38.3 Å². The lowest BCUT2D eigenvalue weighted by Crippen LogP contribution is -2.37. The van der Waals surface area contributed by atoms with Gasteiger partial charge < -0.3 is 20.1 Å². The Hall–Kier alpha value is -2.57. The number of amides is 1. The third-order valence-electron chi connectivity index (χ3n) is 5.33. The topological polar surface area (TPSA) is 81.9 Å². The van der Waals surface area contributed by atoms with Gasteiger partial charge in [0.1, 0.15) is 0 Å². The minimum absolute atomic E-state index is 0.215. The molecule has 7 heteroatoms. The zero-order valence-corrected chi connectivity index (χ0v) is 17.3. The van der Waals surface area contributed by atoms with Gasteiger partial charge in [0.25, 0.3) is 0 Å². The number of ether oxygens (including phenoxy) is 2. The van der Waals surface area contributed by atoms with Crippen LogP contribution in [0.3, 0.4) is 0 Å². The molecule has 0 spiro atoms. The summed E-state index contributed by atoms with van der Waals surface area (Å²) in [5.74, 6) is -1.64. The molecule has 2 aromatic carbocycles. The van der Waals surface area contributed by atoms with Crippen LogP contribution in [-0.2, 0) is 14.3 Å². The lowest BCUT2D eigenvalue weighted by Gasteiger charge is -2.33. The van der Waals surface area contributed by atoms with E-state index in [1.165, 1.54) is 7.11 Å². The molecule has 2 atom stereocenters. The Morgan fingerprint density at radius 3 is 2.38 bits per heavy atom. The Morgan fingerprint density at radius 1 is 1.14 bits per heavy atom. The van der Waals surface area contributed by atoms with E-state index in [0.717, 1.165) is 29.9 Å². The molecule has 6 nitrogen and oxygen atoms in total. The summed E-state index contributed by atoms with van der Waals surface area (Å²) in [4.78, 5) is 26.4. The Labute approximate surface area is 175 Å². The zero-order valence-electron chi connectivity index (χ0n) is 16.6. The molecule has 0 aromatic heterocycles. The number of morpholine rings is 1. The van der Waals surface area contributed by atoms with Crippen LogP contribution in [0, 0.1) is 0 Å². The van der Waals surface area contributed by atoms with Crippen molar-refractivity contribution in [3.8, 4) is 0 Å².